The summed E-state index contributed by atoms with van der Waals surface area (Å²) in [5.74, 6) is -0.400. The van der Waals surface area contributed by atoms with Crippen LogP contribution in [-0.4, -0.2) is 26.4 Å². The molecule has 0 aliphatic rings. The quantitative estimate of drug-likeness (QED) is 0.636. The molecule has 152 valence electrons. The van der Waals surface area contributed by atoms with Gasteiger partial charge in [0.1, 0.15) is 0 Å². The van der Waals surface area contributed by atoms with Gasteiger partial charge in [-0.3, -0.25) is 10.1 Å². The molecule has 3 aromatic rings. The number of nitrogens with zero attached hydrogens (tertiary/aromatic N) is 1. The van der Waals surface area contributed by atoms with Crippen molar-refractivity contribution in [2.45, 2.75) is 32.6 Å². The van der Waals surface area contributed by atoms with E-state index >= 15 is 0 Å². The maximum atomic E-state index is 12.8. The zero-order chi connectivity index (χ0) is 21.3. The zero-order valence-corrected chi connectivity index (χ0v) is 18.6. The summed E-state index contributed by atoms with van der Waals surface area (Å²) >= 11 is 1.33. The van der Waals surface area contributed by atoms with Crippen molar-refractivity contribution < 1.29 is 13.2 Å². The molecule has 0 aliphatic carbocycles. The van der Waals surface area contributed by atoms with Crippen LogP contribution in [0.4, 0.5) is 5.13 Å². The summed E-state index contributed by atoms with van der Waals surface area (Å²) in [5.41, 5.74) is 5.67. The highest BCUT2D eigenvalue weighted by molar-refractivity contribution is 7.89. The minimum absolute atomic E-state index is 0.0976. The van der Waals surface area contributed by atoms with E-state index in [0.29, 0.717) is 10.7 Å². The molecule has 0 unspecified atom stereocenters. The topological polar surface area (TPSA) is 88.2 Å². The molecule has 2 N–H and O–H groups in total. The Hall–Kier alpha value is -2.55. The van der Waals surface area contributed by atoms with E-state index in [2.05, 4.69) is 21.1 Å². The highest BCUT2D eigenvalue weighted by Gasteiger charge is 2.20. The minimum Gasteiger partial charge on any atom is -0.298 e. The Bertz CT molecular complexity index is 1200. The number of carbonyl (C=O) groups is 1. The van der Waals surface area contributed by atoms with Crippen molar-refractivity contribution in [1.82, 2.24) is 9.71 Å². The van der Waals surface area contributed by atoms with Gasteiger partial charge < -0.3 is 0 Å². The third-order valence-electron chi connectivity index (χ3n) is 4.83. The maximum absolute atomic E-state index is 12.8. The molecule has 3 rings (SSSR count). The Morgan fingerprint density at radius 3 is 2.45 bits per heavy atom. The Morgan fingerprint density at radius 2 is 1.76 bits per heavy atom. The van der Waals surface area contributed by atoms with Gasteiger partial charge in [-0.1, -0.05) is 17.7 Å². The molecule has 1 amide bonds. The van der Waals surface area contributed by atoms with Crippen molar-refractivity contribution in [3.8, 4) is 11.3 Å². The predicted octanol–water partition coefficient (Wildman–Crippen LogP) is 4.20. The Labute approximate surface area is 175 Å². The molecule has 0 saturated heterocycles. The normalized spacial score (nSPS) is 11.5. The summed E-state index contributed by atoms with van der Waals surface area (Å²) in [5, 5.41) is 5.14. The van der Waals surface area contributed by atoms with Crippen LogP contribution in [0.1, 0.15) is 32.6 Å². The standard InChI is InChI=1S/C21H23N3O3S2/c1-12-6-7-13(2)17(8-12)18-11-28-21(23-18)24-20(25)16-9-14(3)15(4)19(10-16)29(26,27)22-5/h6-11,22H,1-5H3,(H,23,24,25). The summed E-state index contributed by atoms with van der Waals surface area (Å²) in [4.78, 5) is 17.4. The highest BCUT2D eigenvalue weighted by atomic mass is 32.2. The van der Waals surface area contributed by atoms with Gasteiger partial charge >= 0.3 is 0 Å². The van der Waals surface area contributed by atoms with Crippen LogP contribution >= 0.6 is 11.3 Å². The first-order chi connectivity index (χ1) is 13.6. The molecule has 29 heavy (non-hydrogen) atoms. The number of aromatic nitrogens is 1. The second-order valence-electron chi connectivity index (χ2n) is 6.93. The summed E-state index contributed by atoms with van der Waals surface area (Å²) in [6.07, 6.45) is 0. The number of hydrogen-bond acceptors (Lipinski definition) is 5. The summed E-state index contributed by atoms with van der Waals surface area (Å²) in [6.45, 7) is 7.54. The van der Waals surface area contributed by atoms with Crippen molar-refractivity contribution in [3.63, 3.8) is 0 Å². The van der Waals surface area contributed by atoms with E-state index in [9.17, 15) is 13.2 Å². The summed E-state index contributed by atoms with van der Waals surface area (Å²) < 4.78 is 26.9. The number of amides is 1. The van der Waals surface area contributed by atoms with Crippen molar-refractivity contribution in [1.29, 1.82) is 0 Å². The van der Waals surface area contributed by atoms with Crippen LogP contribution < -0.4 is 10.0 Å². The van der Waals surface area contributed by atoms with E-state index in [4.69, 9.17) is 0 Å². The van der Waals surface area contributed by atoms with Gasteiger partial charge in [0.05, 0.1) is 10.6 Å². The Kier molecular flexibility index (Phi) is 5.88. The fourth-order valence-electron chi connectivity index (χ4n) is 2.98. The first-order valence-corrected chi connectivity index (χ1v) is 11.4. The smallest absolute Gasteiger partial charge is 0.257 e. The van der Waals surface area contributed by atoms with Gasteiger partial charge in [-0.2, -0.15) is 0 Å². The lowest BCUT2D eigenvalue weighted by molar-refractivity contribution is 0.102. The number of carbonyl (C=O) groups excluding carboxylic acids is 1. The molecular formula is C21H23N3O3S2. The Balaban J connectivity index is 1.90. The number of nitrogens with one attached hydrogen (secondary N) is 2. The van der Waals surface area contributed by atoms with E-state index in [1.54, 1.807) is 19.9 Å². The van der Waals surface area contributed by atoms with E-state index < -0.39 is 15.9 Å². The SMILES string of the molecule is CNS(=O)(=O)c1cc(C(=O)Nc2nc(-c3cc(C)ccc3C)cs2)cc(C)c1C. The van der Waals surface area contributed by atoms with Crippen LogP contribution in [-0.2, 0) is 10.0 Å². The van der Waals surface area contributed by atoms with Gasteiger partial charge in [-0.05, 0) is 69.6 Å². The van der Waals surface area contributed by atoms with Gasteiger partial charge in [-0.25, -0.2) is 18.1 Å². The van der Waals surface area contributed by atoms with Gasteiger partial charge in [0.25, 0.3) is 5.91 Å². The molecule has 0 atom stereocenters. The molecule has 0 fully saturated rings. The lowest BCUT2D eigenvalue weighted by atomic mass is 10.0. The molecule has 0 saturated carbocycles. The largest absolute Gasteiger partial charge is 0.298 e. The number of rotatable bonds is 5. The number of anilines is 1. The van der Waals surface area contributed by atoms with E-state index in [0.717, 1.165) is 27.9 Å². The van der Waals surface area contributed by atoms with Crippen LogP contribution in [0, 0.1) is 27.7 Å². The van der Waals surface area contributed by atoms with Crippen molar-refractivity contribution in [2.24, 2.45) is 0 Å². The van der Waals surface area contributed by atoms with Crippen LogP contribution in [0.25, 0.3) is 11.3 Å². The molecule has 0 aliphatic heterocycles. The highest BCUT2D eigenvalue weighted by Crippen LogP contribution is 2.29. The monoisotopic (exact) mass is 429 g/mol. The number of aryl methyl sites for hydroxylation is 3. The van der Waals surface area contributed by atoms with Crippen molar-refractivity contribution >= 4 is 32.4 Å². The number of thiazole rings is 1. The van der Waals surface area contributed by atoms with Crippen molar-refractivity contribution in [3.05, 3.63) is 63.5 Å². The van der Waals surface area contributed by atoms with Gasteiger partial charge in [0, 0.05) is 16.5 Å². The third kappa shape index (κ3) is 4.39. The fraction of sp³-hybridized carbons (Fsp3) is 0.238. The van der Waals surface area contributed by atoms with E-state index in [-0.39, 0.29) is 10.5 Å². The third-order valence-corrected chi connectivity index (χ3v) is 7.13. The molecule has 0 radical (unpaired) electrons. The van der Waals surface area contributed by atoms with E-state index in [1.165, 1.54) is 24.5 Å². The molecule has 0 bridgehead atoms. The lowest BCUT2D eigenvalue weighted by Gasteiger charge is -2.12. The second-order valence-corrected chi connectivity index (χ2v) is 9.65. The predicted molar refractivity (Wildman–Crippen MR) is 117 cm³/mol. The zero-order valence-electron chi connectivity index (χ0n) is 17.0. The number of sulfonamides is 1. The fourth-order valence-corrected chi connectivity index (χ4v) is 4.75. The number of hydrogen-bond donors (Lipinski definition) is 2. The molecule has 8 heteroatoms. The summed E-state index contributed by atoms with van der Waals surface area (Å²) in [7, 11) is -2.32. The van der Waals surface area contributed by atoms with E-state index in [1.807, 2.05) is 31.4 Å². The summed E-state index contributed by atoms with van der Waals surface area (Å²) in [6, 6.07) is 9.22. The van der Waals surface area contributed by atoms with Crippen LogP contribution in [0.15, 0.2) is 40.6 Å². The molecule has 1 aromatic heterocycles. The van der Waals surface area contributed by atoms with Gasteiger partial charge in [-0.15, -0.1) is 11.3 Å². The number of benzene rings is 2. The minimum atomic E-state index is -3.66. The molecular weight excluding hydrogens is 406 g/mol. The van der Waals surface area contributed by atoms with Crippen LogP contribution in [0.3, 0.4) is 0 Å². The Morgan fingerprint density at radius 1 is 1.03 bits per heavy atom. The molecule has 2 aromatic carbocycles. The maximum Gasteiger partial charge on any atom is 0.257 e. The average molecular weight is 430 g/mol. The lowest BCUT2D eigenvalue weighted by Crippen LogP contribution is -2.21. The molecule has 0 spiro atoms. The molecule has 6 nitrogen and oxygen atoms in total. The van der Waals surface area contributed by atoms with Crippen LogP contribution in [0.5, 0.6) is 0 Å². The first-order valence-electron chi connectivity index (χ1n) is 9.01. The first kappa shape index (κ1) is 21.2. The van der Waals surface area contributed by atoms with Gasteiger partial charge in [0.15, 0.2) is 5.13 Å². The average Bonchev–Trinajstić information content (AvgIpc) is 3.13. The second kappa shape index (κ2) is 8.06. The van der Waals surface area contributed by atoms with Gasteiger partial charge in [0.2, 0.25) is 10.0 Å². The van der Waals surface area contributed by atoms with Crippen molar-refractivity contribution in [2.75, 3.05) is 12.4 Å². The van der Waals surface area contributed by atoms with Crippen LogP contribution in [0.2, 0.25) is 0 Å². The molecule has 1 heterocycles.